The van der Waals surface area contributed by atoms with Crippen molar-refractivity contribution in [3.05, 3.63) is 12.2 Å². The summed E-state index contributed by atoms with van der Waals surface area (Å²) in [6, 6.07) is 0. The van der Waals surface area contributed by atoms with E-state index >= 15 is 0 Å². The van der Waals surface area contributed by atoms with E-state index in [2.05, 4.69) is 17.5 Å². The number of amides is 1. The normalized spacial score (nSPS) is 28.9. The molecule has 5 heteroatoms. The fraction of sp³-hybridized carbons (Fsp3) is 0.765. The highest BCUT2D eigenvalue weighted by Crippen LogP contribution is 2.26. The van der Waals surface area contributed by atoms with Crippen molar-refractivity contribution in [2.45, 2.75) is 71.9 Å². The largest absolute Gasteiger partial charge is 0.458 e. The van der Waals surface area contributed by atoms with Gasteiger partial charge in [0.05, 0.1) is 0 Å². The molecular formula is C17H31NO4. The number of aliphatic hydroxyl groups excluding tert-OH is 1. The second kappa shape index (κ2) is 10.4. The molecule has 22 heavy (non-hydrogen) atoms. The molecule has 0 radical (unpaired) electrons. The SMILES string of the molecule is CC.CCC(=O)N[C@@]1(C)C(=O)OC1C.OC[C@@H]1C=CCCC1. The van der Waals surface area contributed by atoms with Gasteiger partial charge in [-0.3, -0.25) is 4.79 Å². The number of rotatable bonds is 3. The molecule has 2 rings (SSSR count). The summed E-state index contributed by atoms with van der Waals surface area (Å²) < 4.78 is 4.75. The van der Waals surface area contributed by atoms with Crippen molar-refractivity contribution >= 4 is 11.9 Å². The Morgan fingerprint density at radius 1 is 1.50 bits per heavy atom. The van der Waals surface area contributed by atoms with Gasteiger partial charge in [0.1, 0.15) is 6.10 Å². The van der Waals surface area contributed by atoms with Gasteiger partial charge in [-0.25, -0.2) is 4.79 Å². The summed E-state index contributed by atoms with van der Waals surface area (Å²) in [5.74, 6) is -0.0125. The number of aliphatic hydroxyl groups is 1. The topological polar surface area (TPSA) is 75.6 Å². The number of allylic oxidation sites excluding steroid dienone is 1. The summed E-state index contributed by atoms with van der Waals surface area (Å²) in [7, 11) is 0. The van der Waals surface area contributed by atoms with Gasteiger partial charge in [-0.1, -0.05) is 32.9 Å². The Labute approximate surface area is 134 Å². The molecule has 0 saturated carbocycles. The third kappa shape index (κ3) is 5.79. The number of carbonyl (C=O) groups is 2. The minimum Gasteiger partial charge on any atom is -0.458 e. The molecule has 1 aliphatic carbocycles. The first kappa shape index (κ1) is 20.6. The summed E-state index contributed by atoms with van der Waals surface area (Å²) >= 11 is 0. The summed E-state index contributed by atoms with van der Waals surface area (Å²) in [4.78, 5) is 22.0. The smallest absolute Gasteiger partial charge is 0.335 e. The Balaban J connectivity index is 0.000000382. The molecule has 1 saturated heterocycles. The van der Waals surface area contributed by atoms with Crippen molar-refractivity contribution in [2.75, 3.05) is 6.61 Å². The van der Waals surface area contributed by atoms with Crippen LogP contribution in [0.15, 0.2) is 12.2 Å². The Kier molecular flexibility index (Phi) is 9.74. The second-order valence-corrected chi connectivity index (χ2v) is 5.45. The molecule has 1 unspecified atom stereocenters. The molecule has 3 atom stereocenters. The molecule has 0 aromatic rings. The number of ether oxygens (including phenoxy) is 1. The maximum absolute atomic E-state index is 11.0. The fourth-order valence-electron chi connectivity index (χ4n) is 2.07. The zero-order valence-electron chi connectivity index (χ0n) is 14.5. The van der Waals surface area contributed by atoms with Gasteiger partial charge < -0.3 is 15.2 Å². The van der Waals surface area contributed by atoms with Crippen LogP contribution in [-0.4, -0.2) is 35.2 Å². The van der Waals surface area contributed by atoms with Crippen LogP contribution in [0.3, 0.4) is 0 Å². The molecule has 1 heterocycles. The van der Waals surface area contributed by atoms with Crippen LogP contribution < -0.4 is 5.32 Å². The van der Waals surface area contributed by atoms with Crippen LogP contribution in [0.5, 0.6) is 0 Å². The van der Waals surface area contributed by atoms with Crippen LogP contribution in [0.1, 0.15) is 60.3 Å². The number of esters is 1. The van der Waals surface area contributed by atoms with E-state index in [0.717, 1.165) is 0 Å². The monoisotopic (exact) mass is 313 g/mol. The first-order valence-electron chi connectivity index (χ1n) is 8.23. The van der Waals surface area contributed by atoms with E-state index < -0.39 is 5.54 Å². The Morgan fingerprint density at radius 2 is 2.14 bits per heavy atom. The highest BCUT2D eigenvalue weighted by molar-refractivity contribution is 5.92. The molecule has 0 aromatic heterocycles. The zero-order valence-corrected chi connectivity index (χ0v) is 14.5. The lowest BCUT2D eigenvalue weighted by Crippen LogP contribution is -2.68. The standard InChI is InChI=1S/C8H13NO3.C7H12O.C2H6/c1-4-6(10)9-8(3)5(2)12-7(8)11;8-6-7-4-2-1-3-5-7;1-2/h5H,4H2,1-3H3,(H,9,10);2,4,7-8H,1,3,5-6H2;1-2H3/t5?,8-;7-;/m11./s1. The Bertz CT molecular complexity index is 381. The highest BCUT2D eigenvalue weighted by atomic mass is 16.6. The van der Waals surface area contributed by atoms with Crippen LogP contribution >= 0.6 is 0 Å². The molecular weight excluding hydrogens is 282 g/mol. The van der Waals surface area contributed by atoms with Gasteiger partial charge in [0.15, 0.2) is 5.54 Å². The van der Waals surface area contributed by atoms with E-state index in [0.29, 0.717) is 18.9 Å². The van der Waals surface area contributed by atoms with Crippen molar-refractivity contribution in [1.82, 2.24) is 5.32 Å². The minimum absolute atomic E-state index is 0.124. The Morgan fingerprint density at radius 3 is 2.45 bits per heavy atom. The number of cyclic esters (lactones) is 1. The van der Waals surface area contributed by atoms with Gasteiger partial charge in [0, 0.05) is 13.0 Å². The van der Waals surface area contributed by atoms with Crippen molar-refractivity contribution in [3.8, 4) is 0 Å². The average Bonchev–Trinajstić information content (AvgIpc) is 2.58. The summed E-state index contributed by atoms with van der Waals surface area (Å²) in [6.07, 6.45) is 8.06. The third-order valence-electron chi connectivity index (χ3n) is 3.83. The van der Waals surface area contributed by atoms with Crippen LogP contribution in [0, 0.1) is 5.92 Å². The van der Waals surface area contributed by atoms with Gasteiger partial charge >= 0.3 is 5.97 Å². The zero-order chi connectivity index (χ0) is 17.2. The van der Waals surface area contributed by atoms with Crippen LogP contribution in [0.25, 0.3) is 0 Å². The van der Waals surface area contributed by atoms with Gasteiger partial charge in [0.25, 0.3) is 0 Å². The maximum Gasteiger partial charge on any atom is 0.335 e. The summed E-state index contributed by atoms with van der Waals surface area (Å²) in [6.45, 7) is 9.51. The van der Waals surface area contributed by atoms with Crippen LogP contribution in [-0.2, 0) is 14.3 Å². The molecule has 1 aliphatic heterocycles. The Hall–Kier alpha value is -1.36. The number of hydrogen-bond acceptors (Lipinski definition) is 4. The van der Waals surface area contributed by atoms with E-state index in [1.165, 1.54) is 19.3 Å². The summed E-state index contributed by atoms with van der Waals surface area (Å²) in [5.41, 5.74) is -0.799. The van der Waals surface area contributed by atoms with Crippen molar-refractivity contribution in [3.63, 3.8) is 0 Å². The number of carbonyl (C=O) groups excluding carboxylic acids is 2. The molecule has 128 valence electrons. The van der Waals surface area contributed by atoms with E-state index in [9.17, 15) is 9.59 Å². The molecule has 0 bridgehead atoms. The highest BCUT2D eigenvalue weighted by Gasteiger charge is 2.52. The number of hydrogen-bond donors (Lipinski definition) is 2. The quantitative estimate of drug-likeness (QED) is 0.620. The van der Waals surface area contributed by atoms with Gasteiger partial charge in [-0.15, -0.1) is 0 Å². The van der Waals surface area contributed by atoms with Crippen LogP contribution in [0.4, 0.5) is 0 Å². The van der Waals surface area contributed by atoms with Crippen molar-refractivity contribution in [2.24, 2.45) is 5.92 Å². The lowest BCUT2D eigenvalue weighted by molar-refractivity contribution is -0.190. The first-order valence-corrected chi connectivity index (χ1v) is 8.23. The van der Waals surface area contributed by atoms with Gasteiger partial charge in [-0.2, -0.15) is 0 Å². The van der Waals surface area contributed by atoms with Gasteiger partial charge in [0.2, 0.25) is 5.91 Å². The van der Waals surface area contributed by atoms with E-state index in [4.69, 9.17) is 9.84 Å². The van der Waals surface area contributed by atoms with E-state index in [-0.39, 0.29) is 18.0 Å². The molecule has 1 fully saturated rings. The fourth-order valence-corrected chi connectivity index (χ4v) is 2.07. The third-order valence-corrected chi connectivity index (χ3v) is 3.83. The van der Waals surface area contributed by atoms with E-state index in [1.807, 2.05) is 13.8 Å². The maximum atomic E-state index is 11.0. The lowest BCUT2D eigenvalue weighted by Gasteiger charge is -2.42. The molecule has 0 spiro atoms. The molecule has 2 N–H and O–H groups in total. The van der Waals surface area contributed by atoms with Crippen molar-refractivity contribution < 1.29 is 19.4 Å². The predicted octanol–water partition coefficient (Wildman–Crippen LogP) is 2.58. The summed E-state index contributed by atoms with van der Waals surface area (Å²) in [5, 5.41) is 11.3. The van der Waals surface area contributed by atoms with Crippen molar-refractivity contribution in [1.29, 1.82) is 0 Å². The average molecular weight is 313 g/mol. The molecule has 0 aromatic carbocycles. The lowest BCUT2D eigenvalue weighted by atomic mass is 9.90. The minimum atomic E-state index is -0.799. The number of nitrogens with one attached hydrogen (secondary N) is 1. The molecule has 1 amide bonds. The first-order chi connectivity index (χ1) is 10.4. The second-order valence-electron chi connectivity index (χ2n) is 5.45. The van der Waals surface area contributed by atoms with Crippen LogP contribution in [0.2, 0.25) is 0 Å². The van der Waals surface area contributed by atoms with E-state index in [1.54, 1.807) is 20.8 Å². The molecule has 2 aliphatic rings. The van der Waals surface area contributed by atoms with Gasteiger partial charge in [-0.05, 0) is 39.0 Å². The molecule has 5 nitrogen and oxygen atoms in total. The predicted molar refractivity (Wildman–Crippen MR) is 87.3 cm³/mol.